The number of esters is 2. The second kappa shape index (κ2) is 13.0. The monoisotopic (exact) mass is 762 g/mol. The van der Waals surface area contributed by atoms with Crippen molar-refractivity contribution in [1.82, 2.24) is 0 Å². The number of carbonyl (C=O) groups is 5. The minimum atomic E-state index is -2.09. The Morgan fingerprint density at radius 3 is 2.35 bits per heavy atom. The van der Waals surface area contributed by atoms with E-state index < -0.39 is 70.3 Å². The van der Waals surface area contributed by atoms with Gasteiger partial charge in [-0.15, -0.1) is 0 Å². The van der Waals surface area contributed by atoms with Crippen molar-refractivity contribution in [3.63, 3.8) is 0 Å². The lowest BCUT2D eigenvalue weighted by Crippen LogP contribution is -2.69. The van der Waals surface area contributed by atoms with Crippen LogP contribution in [-0.2, 0) is 33.4 Å². The van der Waals surface area contributed by atoms with Crippen molar-refractivity contribution in [2.45, 2.75) is 148 Å². The summed E-state index contributed by atoms with van der Waals surface area (Å²) in [5.41, 5.74) is -4.48. The van der Waals surface area contributed by atoms with E-state index in [1.165, 1.54) is 17.7 Å². The molecule has 5 unspecified atom stereocenters. The van der Waals surface area contributed by atoms with E-state index in [-0.39, 0.29) is 47.8 Å². The number of aliphatic hydroxyl groups excluding tert-OH is 1. The van der Waals surface area contributed by atoms with Gasteiger partial charge in [-0.25, -0.2) is 4.39 Å². The highest BCUT2D eigenvalue weighted by molar-refractivity contribution is 6.01. The number of ketones is 3. The van der Waals surface area contributed by atoms with Gasteiger partial charge >= 0.3 is 11.9 Å². The number of allylic oxidation sites excluding steroid dienone is 5. The third-order valence-electron chi connectivity index (χ3n) is 17.7. The van der Waals surface area contributed by atoms with Crippen molar-refractivity contribution in [2.75, 3.05) is 6.61 Å². The van der Waals surface area contributed by atoms with Crippen LogP contribution in [0.5, 0.6) is 0 Å². The topological polar surface area (TPSA) is 144 Å². The maximum atomic E-state index is 17.5. The zero-order valence-electron chi connectivity index (χ0n) is 33.2. The normalized spacial score (nSPS) is 48.2. The number of alkyl halides is 1. The second-order valence-corrected chi connectivity index (χ2v) is 19.8. The number of hydrogen-bond donors (Lipinski definition) is 2. The molecule has 8 aliphatic carbocycles. The molecule has 9 nitrogen and oxygen atoms in total. The summed E-state index contributed by atoms with van der Waals surface area (Å²) in [4.78, 5) is 64.3. The van der Waals surface area contributed by atoms with E-state index in [2.05, 4.69) is 13.8 Å². The lowest BCUT2D eigenvalue weighted by atomic mass is 9.44. The first kappa shape index (κ1) is 38.9. The predicted molar refractivity (Wildman–Crippen MR) is 200 cm³/mol. The Balaban J connectivity index is 0.864. The van der Waals surface area contributed by atoms with Crippen molar-refractivity contribution in [2.24, 2.45) is 57.2 Å². The Labute approximate surface area is 323 Å². The highest BCUT2D eigenvalue weighted by atomic mass is 19.1. The van der Waals surface area contributed by atoms with Crippen LogP contribution in [-0.4, -0.2) is 69.6 Å². The van der Waals surface area contributed by atoms with Crippen molar-refractivity contribution in [3.05, 3.63) is 35.5 Å². The molecule has 0 spiro atoms. The fourth-order valence-electron chi connectivity index (χ4n) is 14.6. The Kier molecular flexibility index (Phi) is 9.20. The number of hydrogen-bond acceptors (Lipinski definition) is 9. The molecule has 0 radical (unpaired) electrons. The molecule has 2 N–H and O–H groups in total. The molecule has 8 aliphatic rings. The minimum Gasteiger partial charge on any atom is -0.462 e. The lowest BCUT2D eigenvalue weighted by Gasteiger charge is -2.62. The molecular weight excluding hydrogens is 703 g/mol. The van der Waals surface area contributed by atoms with Crippen molar-refractivity contribution < 1.29 is 48.0 Å². The molecule has 300 valence electrons. The summed E-state index contributed by atoms with van der Waals surface area (Å²) in [6.07, 6.45) is 12.6. The Bertz CT molecular complexity index is 1800. The van der Waals surface area contributed by atoms with Gasteiger partial charge in [0.15, 0.2) is 23.8 Å². The number of ether oxygens (including phenoxy) is 2. The van der Waals surface area contributed by atoms with Gasteiger partial charge in [0.2, 0.25) is 5.78 Å². The van der Waals surface area contributed by atoms with Crippen LogP contribution in [0.2, 0.25) is 0 Å². The standard InChI is InChI=1S/C45H59FO9/c1-25-20-34-33-9-7-27-22-29(48)15-19-42(27,4)44(33,46)35(49)23-43(34,5)45(25,53)36(50)24-54-38(51)12-13-39(52)55-37-11-10-31-30-8-6-26-21-28(47)14-17-40(26,2)32(30)16-18-41(31,37)3/h15,19,21-22,25,30-35,37,49,53H,6-14,16-18,20,23-24H2,1-5H3/t25-,30?,31?,32?,33?,34?,35-,37-,40-,41-,42-,43-,44-,45-/m0/s1. The van der Waals surface area contributed by atoms with E-state index in [4.69, 9.17) is 9.47 Å². The molecular formula is C45H59FO9. The van der Waals surface area contributed by atoms with Crippen LogP contribution >= 0.6 is 0 Å². The fraction of sp³-hybridized carbons (Fsp3) is 0.756. The molecule has 0 amide bonds. The first-order chi connectivity index (χ1) is 25.8. The summed E-state index contributed by atoms with van der Waals surface area (Å²) in [6.45, 7) is 9.15. The zero-order valence-corrected chi connectivity index (χ0v) is 33.2. The maximum absolute atomic E-state index is 17.5. The molecule has 0 bridgehead atoms. The zero-order chi connectivity index (χ0) is 39.5. The number of fused-ring (bicyclic) bond motifs is 10. The summed E-state index contributed by atoms with van der Waals surface area (Å²) in [6, 6.07) is 0. The van der Waals surface area contributed by atoms with Gasteiger partial charge in [0.05, 0.1) is 18.9 Å². The second-order valence-electron chi connectivity index (χ2n) is 19.8. The number of Topliss-reactive ketones (excluding diaryl/α,β-unsaturated/α-hetero) is 1. The van der Waals surface area contributed by atoms with E-state index in [1.807, 2.05) is 6.08 Å². The summed E-state index contributed by atoms with van der Waals surface area (Å²) in [5, 5.41) is 23.8. The number of rotatable bonds is 7. The van der Waals surface area contributed by atoms with Crippen LogP contribution in [0.25, 0.3) is 0 Å². The van der Waals surface area contributed by atoms with E-state index in [1.54, 1.807) is 26.8 Å². The minimum absolute atomic E-state index is 0.0731. The van der Waals surface area contributed by atoms with E-state index in [0.717, 1.165) is 44.9 Å². The molecule has 0 heterocycles. The van der Waals surface area contributed by atoms with E-state index >= 15 is 4.39 Å². The Hall–Kier alpha value is -2.98. The molecule has 0 aromatic rings. The smallest absolute Gasteiger partial charge is 0.306 e. The number of carbonyl (C=O) groups excluding carboxylic acids is 5. The largest absolute Gasteiger partial charge is 0.462 e. The molecule has 0 aliphatic heterocycles. The van der Waals surface area contributed by atoms with Gasteiger partial charge in [0.1, 0.15) is 11.7 Å². The molecule has 8 rings (SSSR count). The van der Waals surface area contributed by atoms with Crippen LogP contribution in [0.1, 0.15) is 125 Å². The van der Waals surface area contributed by atoms with Gasteiger partial charge in [-0.3, -0.25) is 24.0 Å². The highest BCUT2D eigenvalue weighted by Crippen LogP contribution is 2.71. The van der Waals surface area contributed by atoms with Gasteiger partial charge in [-0.1, -0.05) is 44.9 Å². The molecule has 14 atom stereocenters. The van der Waals surface area contributed by atoms with Crippen molar-refractivity contribution >= 4 is 29.3 Å². The summed E-state index contributed by atoms with van der Waals surface area (Å²) < 4.78 is 29.0. The molecule has 55 heavy (non-hydrogen) atoms. The molecule has 0 saturated heterocycles. The first-order valence-corrected chi connectivity index (χ1v) is 21.0. The summed E-state index contributed by atoms with van der Waals surface area (Å²) >= 11 is 0. The van der Waals surface area contributed by atoms with Gasteiger partial charge in [-0.05, 0) is 131 Å². The first-order valence-electron chi connectivity index (χ1n) is 21.0. The van der Waals surface area contributed by atoms with Crippen LogP contribution in [0.15, 0.2) is 35.5 Å². The third kappa shape index (κ3) is 5.38. The number of halogens is 1. The van der Waals surface area contributed by atoms with Gasteiger partial charge in [-0.2, -0.15) is 0 Å². The van der Waals surface area contributed by atoms with Gasteiger partial charge in [0.25, 0.3) is 0 Å². The third-order valence-corrected chi connectivity index (χ3v) is 17.7. The van der Waals surface area contributed by atoms with Crippen molar-refractivity contribution in [3.8, 4) is 0 Å². The maximum Gasteiger partial charge on any atom is 0.306 e. The highest BCUT2D eigenvalue weighted by Gasteiger charge is 2.75. The predicted octanol–water partition coefficient (Wildman–Crippen LogP) is 6.67. The lowest BCUT2D eigenvalue weighted by molar-refractivity contribution is -0.220. The van der Waals surface area contributed by atoms with Crippen LogP contribution in [0.4, 0.5) is 4.39 Å². The van der Waals surface area contributed by atoms with Crippen LogP contribution < -0.4 is 0 Å². The number of aliphatic hydroxyl groups is 2. The molecule has 10 heteroatoms. The quantitative estimate of drug-likeness (QED) is 0.272. The Morgan fingerprint density at radius 2 is 1.58 bits per heavy atom. The summed E-state index contributed by atoms with van der Waals surface area (Å²) in [7, 11) is 0. The van der Waals surface area contributed by atoms with Crippen LogP contribution in [0.3, 0.4) is 0 Å². The summed E-state index contributed by atoms with van der Waals surface area (Å²) in [5.74, 6) is -2.01. The van der Waals surface area contributed by atoms with Crippen molar-refractivity contribution in [1.29, 1.82) is 0 Å². The average molecular weight is 763 g/mol. The van der Waals surface area contributed by atoms with E-state index in [9.17, 15) is 34.2 Å². The molecule has 0 aromatic carbocycles. The van der Waals surface area contributed by atoms with E-state index in [0.29, 0.717) is 49.0 Å². The molecule has 0 aromatic heterocycles. The molecule has 6 saturated carbocycles. The van der Waals surface area contributed by atoms with Gasteiger partial charge < -0.3 is 19.7 Å². The Morgan fingerprint density at radius 1 is 0.855 bits per heavy atom. The fourth-order valence-corrected chi connectivity index (χ4v) is 14.6. The average Bonchev–Trinajstić information content (AvgIpc) is 3.57. The molecule has 6 fully saturated rings. The SMILES string of the molecule is C[C@H]1CC2C3CCC4=CC(=O)C=C[C@]4(C)[C@@]3(F)[C@@H](O)C[C@]2(C)[C@@]1(O)C(=O)COC(=O)CCC(=O)O[C@H]1CCC2C3CCC4=CC(=O)CC[C@]4(C)C3CC[C@@]21C. The van der Waals surface area contributed by atoms with Crippen LogP contribution in [0, 0.1) is 57.2 Å². The van der Waals surface area contributed by atoms with Gasteiger partial charge in [0, 0.05) is 28.6 Å².